The van der Waals surface area contributed by atoms with Crippen LogP contribution in [0.3, 0.4) is 0 Å². The summed E-state index contributed by atoms with van der Waals surface area (Å²) in [6.07, 6.45) is 0. The van der Waals surface area contributed by atoms with Crippen molar-refractivity contribution in [3.8, 4) is 6.07 Å². The van der Waals surface area contributed by atoms with Gasteiger partial charge in [0.15, 0.2) is 0 Å². The van der Waals surface area contributed by atoms with E-state index < -0.39 is 23.2 Å². The fourth-order valence-corrected chi connectivity index (χ4v) is 5.28. The number of nitriles is 1. The minimum Gasteiger partial charge on any atom is -0.390 e. The average molecular weight is 467 g/mol. The van der Waals surface area contributed by atoms with Crippen LogP contribution in [-0.2, 0) is 0 Å². The lowest BCUT2D eigenvalue weighted by Gasteiger charge is -2.50. The molecule has 0 radical (unpaired) electrons. The predicted molar refractivity (Wildman–Crippen MR) is 125 cm³/mol. The Kier molecular flexibility index (Phi) is 6.54. The number of halogens is 3. The Morgan fingerprint density at radius 3 is 2.27 bits per heavy atom. The van der Waals surface area contributed by atoms with Crippen LogP contribution in [0.15, 0.2) is 66.7 Å². The molecule has 33 heavy (non-hydrogen) atoms. The van der Waals surface area contributed by atoms with Crippen molar-refractivity contribution < 1.29 is 13.9 Å². The van der Waals surface area contributed by atoms with Crippen molar-refractivity contribution >= 4 is 11.6 Å². The van der Waals surface area contributed by atoms with Crippen LogP contribution in [0.4, 0.5) is 8.78 Å². The van der Waals surface area contributed by atoms with Crippen LogP contribution in [0.2, 0.25) is 5.02 Å². The minimum atomic E-state index is -1.17. The Morgan fingerprint density at radius 2 is 1.67 bits per heavy atom. The molecule has 3 aromatic rings. The summed E-state index contributed by atoms with van der Waals surface area (Å²) < 4.78 is 27.9. The standard InChI is InChI=1S/C27H25ClF2N2O/c1-27(2,33)25(19-11-21(29)13-22(30)12-19)20-15-32(16-20)26(23-8-3-4-9-24(23)28)18-7-5-6-17(10-18)14-31/h3-13,20,25-26,33H,15-16H2,1-2H3/t25-,26+/m1/s1. The van der Waals surface area contributed by atoms with Gasteiger partial charge < -0.3 is 5.11 Å². The van der Waals surface area contributed by atoms with Crippen molar-refractivity contribution in [2.45, 2.75) is 31.4 Å². The maximum Gasteiger partial charge on any atom is 0.126 e. The molecule has 0 saturated carbocycles. The normalized spacial score (nSPS) is 16.6. The van der Waals surface area contributed by atoms with E-state index in [1.165, 1.54) is 12.1 Å². The predicted octanol–water partition coefficient (Wildman–Crippen LogP) is 6.07. The molecule has 1 fully saturated rings. The Labute approximate surface area is 197 Å². The number of rotatable bonds is 6. The highest BCUT2D eigenvalue weighted by atomic mass is 35.5. The Balaban J connectivity index is 1.67. The molecule has 0 aliphatic carbocycles. The highest BCUT2D eigenvalue weighted by Gasteiger charge is 2.44. The summed E-state index contributed by atoms with van der Waals surface area (Å²) in [7, 11) is 0. The molecular formula is C27H25ClF2N2O. The smallest absolute Gasteiger partial charge is 0.126 e. The molecule has 0 unspecified atom stereocenters. The van der Waals surface area contributed by atoms with Crippen LogP contribution in [0.25, 0.3) is 0 Å². The van der Waals surface area contributed by atoms with Gasteiger partial charge in [-0.25, -0.2) is 8.78 Å². The summed E-state index contributed by atoms with van der Waals surface area (Å²) in [6.45, 7) is 4.54. The zero-order valence-corrected chi connectivity index (χ0v) is 19.2. The summed E-state index contributed by atoms with van der Waals surface area (Å²) in [5.74, 6) is -1.78. The average Bonchev–Trinajstić information content (AvgIpc) is 2.71. The van der Waals surface area contributed by atoms with E-state index in [0.29, 0.717) is 29.2 Å². The summed E-state index contributed by atoms with van der Waals surface area (Å²) >= 11 is 6.55. The van der Waals surface area contributed by atoms with Crippen LogP contribution in [-0.4, -0.2) is 28.7 Å². The molecule has 1 aliphatic rings. The van der Waals surface area contributed by atoms with E-state index in [9.17, 15) is 19.1 Å². The molecule has 0 aromatic heterocycles. The van der Waals surface area contributed by atoms with Crippen molar-refractivity contribution in [2.75, 3.05) is 13.1 Å². The van der Waals surface area contributed by atoms with Gasteiger partial charge in [-0.05, 0) is 66.8 Å². The first-order valence-corrected chi connectivity index (χ1v) is 11.2. The van der Waals surface area contributed by atoms with E-state index >= 15 is 0 Å². The number of hydrogen-bond acceptors (Lipinski definition) is 3. The second-order valence-corrected chi connectivity index (χ2v) is 9.62. The van der Waals surface area contributed by atoms with Crippen molar-refractivity contribution in [3.05, 3.63) is 106 Å². The molecule has 1 N–H and O–H groups in total. The van der Waals surface area contributed by atoms with Crippen LogP contribution in [0, 0.1) is 28.9 Å². The molecule has 1 aliphatic heterocycles. The van der Waals surface area contributed by atoms with Gasteiger partial charge in [-0.3, -0.25) is 4.90 Å². The topological polar surface area (TPSA) is 47.3 Å². The van der Waals surface area contributed by atoms with E-state index in [1.807, 2.05) is 42.5 Å². The minimum absolute atomic E-state index is 0.0182. The summed E-state index contributed by atoms with van der Waals surface area (Å²) in [6, 6.07) is 20.5. The summed E-state index contributed by atoms with van der Waals surface area (Å²) in [5.41, 5.74) is 1.70. The number of hydrogen-bond donors (Lipinski definition) is 1. The van der Waals surface area contributed by atoms with Gasteiger partial charge in [0.05, 0.1) is 23.3 Å². The lowest BCUT2D eigenvalue weighted by molar-refractivity contribution is -0.0309. The van der Waals surface area contributed by atoms with E-state index in [2.05, 4.69) is 11.0 Å². The lowest BCUT2D eigenvalue weighted by atomic mass is 9.71. The molecule has 1 heterocycles. The van der Waals surface area contributed by atoms with E-state index in [0.717, 1.165) is 17.2 Å². The van der Waals surface area contributed by atoms with Gasteiger partial charge in [0, 0.05) is 30.1 Å². The molecule has 3 aromatic carbocycles. The number of benzene rings is 3. The van der Waals surface area contributed by atoms with Crippen molar-refractivity contribution in [1.82, 2.24) is 4.90 Å². The van der Waals surface area contributed by atoms with Gasteiger partial charge in [0.2, 0.25) is 0 Å². The number of likely N-dealkylation sites (tertiary alicyclic amines) is 1. The molecule has 3 nitrogen and oxygen atoms in total. The summed E-state index contributed by atoms with van der Waals surface area (Å²) in [4.78, 5) is 2.22. The molecule has 2 atom stereocenters. The third kappa shape index (κ3) is 4.94. The first-order valence-electron chi connectivity index (χ1n) is 10.8. The molecule has 0 amide bonds. The summed E-state index contributed by atoms with van der Waals surface area (Å²) in [5, 5.41) is 20.9. The second kappa shape index (κ2) is 9.23. The van der Waals surface area contributed by atoms with E-state index in [1.54, 1.807) is 19.9 Å². The molecule has 4 rings (SSSR count). The second-order valence-electron chi connectivity index (χ2n) is 9.21. The Hall–Kier alpha value is -2.78. The largest absolute Gasteiger partial charge is 0.390 e. The number of aliphatic hydroxyl groups is 1. The molecular weight excluding hydrogens is 442 g/mol. The van der Waals surface area contributed by atoms with Gasteiger partial charge in [0.1, 0.15) is 11.6 Å². The van der Waals surface area contributed by atoms with Crippen LogP contribution in [0.5, 0.6) is 0 Å². The number of nitrogens with zero attached hydrogens (tertiary/aromatic N) is 2. The van der Waals surface area contributed by atoms with Gasteiger partial charge >= 0.3 is 0 Å². The monoisotopic (exact) mass is 466 g/mol. The van der Waals surface area contributed by atoms with Crippen molar-refractivity contribution in [3.63, 3.8) is 0 Å². The van der Waals surface area contributed by atoms with Crippen LogP contribution in [0.1, 0.15) is 48.1 Å². The lowest BCUT2D eigenvalue weighted by Crippen LogP contribution is -2.54. The van der Waals surface area contributed by atoms with Crippen molar-refractivity contribution in [1.29, 1.82) is 5.26 Å². The van der Waals surface area contributed by atoms with E-state index in [-0.39, 0.29) is 12.0 Å². The fraction of sp³-hybridized carbons (Fsp3) is 0.296. The Morgan fingerprint density at radius 1 is 1.00 bits per heavy atom. The fourth-order valence-electron chi connectivity index (χ4n) is 5.04. The first-order chi connectivity index (χ1) is 15.7. The zero-order valence-electron chi connectivity index (χ0n) is 18.5. The molecule has 1 saturated heterocycles. The molecule has 6 heteroatoms. The van der Waals surface area contributed by atoms with Gasteiger partial charge in [0.25, 0.3) is 0 Å². The van der Waals surface area contributed by atoms with Crippen molar-refractivity contribution in [2.24, 2.45) is 5.92 Å². The SMILES string of the molecule is CC(C)(O)[C@H](c1cc(F)cc(F)c1)C1CN([C@@H](c2cccc(C#N)c2)c2ccccc2Cl)C1. The highest BCUT2D eigenvalue weighted by Crippen LogP contribution is 2.45. The van der Waals surface area contributed by atoms with Gasteiger partial charge in [-0.15, -0.1) is 0 Å². The quantitative estimate of drug-likeness (QED) is 0.480. The third-order valence-electron chi connectivity index (χ3n) is 6.31. The van der Waals surface area contributed by atoms with Gasteiger partial charge in [-0.2, -0.15) is 5.26 Å². The van der Waals surface area contributed by atoms with Crippen LogP contribution >= 0.6 is 11.6 Å². The molecule has 170 valence electrons. The maximum absolute atomic E-state index is 14.0. The first kappa shape index (κ1) is 23.4. The highest BCUT2D eigenvalue weighted by molar-refractivity contribution is 6.31. The van der Waals surface area contributed by atoms with E-state index in [4.69, 9.17) is 11.6 Å². The Bertz CT molecular complexity index is 1170. The molecule has 0 bridgehead atoms. The third-order valence-corrected chi connectivity index (χ3v) is 6.66. The maximum atomic E-state index is 14.0. The zero-order chi connectivity index (χ0) is 23.8. The van der Waals surface area contributed by atoms with Crippen LogP contribution < -0.4 is 0 Å². The molecule has 0 spiro atoms. The van der Waals surface area contributed by atoms with Gasteiger partial charge in [-0.1, -0.05) is 41.9 Å².